The molecule has 0 atom stereocenters. The van der Waals surface area contributed by atoms with Gasteiger partial charge in [-0.1, -0.05) is 0 Å². The fourth-order valence-electron chi connectivity index (χ4n) is 1.88. The first-order valence-corrected chi connectivity index (χ1v) is 6.08. The third-order valence-corrected chi connectivity index (χ3v) is 2.93. The van der Waals surface area contributed by atoms with E-state index in [2.05, 4.69) is 5.32 Å². The first-order valence-electron chi connectivity index (χ1n) is 6.08. The predicted molar refractivity (Wildman–Crippen MR) is 71.1 cm³/mol. The van der Waals surface area contributed by atoms with Crippen molar-refractivity contribution < 1.29 is 19.2 Å². The smallest absolute Gasteiger partial charge is 0.322 e. The maximum Gasteiger partial charge on any atom is 0.322 e. The highest BCUT2D eigenvalue weighted by Gasteiger charge is 2.19. The lowest BCUT2D eigenvalue weighted by molar-refractivity contribution is -0.385. The molecule has 1 aliphatic heterocycles. The van der Waals surface area contributed by atoms with Crippen molar-refractivity contribution in [3.05, 3.63) is 28.3 Å². The molecular weight excluding hydrogens is 266 g/mol. The van der Waals surface area contributed by atoms with Crippen LogP contribution in [-0.2, 0) is 4.74 Å². The Balaban J connectivity index is 2.10. The Bertz CT molecular complexity index is 514. The van der Waals surface area contributed by atoms with E-state index in [1.165, 1.54) is 19.2 Å². The SMILES string of the molecule is COc1ccc(NC(=O)N2CCOCC2)cc1[N+](=O)[O-]. The van der Waals surface area contributed by atoms with Crippen molar-refractivity contribution in [1.82, 2.24) is 4.90 Å². The highest BCUT2D eigenvalue weighted by atomic mass is 16.6. The van der Waals surface area contributed by atoms with Gasteiger partial charge in [-0.2, -0.15) is 0 Å². The Hall–Kier alpha value is -2.35. The van der Waals surface area contributed by atoms with Crippen LogP contribution in [0.1, 0.15) is 0 Å². The van der Waals surface area contributed by atoms with Gasteiger partial charge in [0, 0.05) is 24.8 Å². The van der Waals surface area contributed by atoms with Crippen molar-refractivity contribution in [3.8, 4) is 5.75 Å². The van der Waals surface area contributed by atoms with Crippen LogP contribution in [0.25, 0.3) is 0 Å². The van der Waals surface area contributed by atoms with E-state index in [0.29, 0.717) is 32.0 Å². The molecule has 2 amide bonds. The topological polar surface area (TPSA) is 93.9 Å². The summed E-state index contributed by atoms with van der Waals surface area (Å²) in [5.41, 5.74) is 0.168. The average molecular weight is 281 g/mol. The highest BCUT2D eigenvalue weighted by molar-refractivity contribution is 5.90. The minimum absolute atomic E-state index is 0.152. The zero-order chi connectivity index (χ0) is 14.5. The van der Waals surface area contributed by atoms with E-state index in [9.17, 15) is 14.9 Å². The van der Waals surface area contributed by atoms with E-state index in [4.69, 9.17) is 9.47 Å². The van der Waals surface area contributed by atoms with Crippen LogP contribution in [0.5, 0.6) is 5.75 Å². The maximum absolute atomic E-state index is 12.0. The molecule has 1 N–H and O–H groups in total. The van der Waals surface area contributed by atoms with Gasteiger partial charge in [0.2, 0.25) is 0 Å². The number of nitro benzene ring substituents is 1. The van der Waals surface area contributed by atoms with E-state index in [1.54, 1.807) is 11.0 Å². The number of hydrogen-bond acceptors (Lipinski definition) is 5. The second kappa shape index (κ2) is 6.20. The van der Waals surface area contributed by atoms with Crippen LogP contribution in [0.15, 0.2) is 18.2 Å². The average Bonchev–Trinajstić information content (AvgIpc) is 2.48. The van der Waals surface area contributed by atoms with Crippen molar-refractivity contribution in [1.29, 1.82) is 0 Å². The molecule has 8 nitrogen and oxygen atoms in total. The summed E-state index contributed by atoms with van der Waals surface area (Å²) in [6.07, 6.45) is 0. The molecule has 1 aromatic rings. The van der Waals surface area contributed by atoms with Crippen molar-refractivity contribution in [3.63, 3.8) is 0 Å². The zero-order valence-corrected chi connectivity index (χ0v) is 11.0. The first-order chi connectivity index (χ1) is 9.61. The van der Waals surface area contributed by atoms with Crippen molar-refractivity contribution in [2.45, 2.75) is 0 Å². The van der Waals surface area contributed by atoms with Gasteiger partial charge in [-0.05, 0) is 12.1 Å². The van der Waals surface area contributed by atoms with Crippen LogP contribution in [0, 0.1) is 10.1 Å². The zero-order valence-electron chi connectivity index (χ0n) is 11.0. The fourth-order valence-corrected chi connectivity index (χ4v) is 1.88. The summed E-state index contributed by atoms with van der Waals surface area (Å²) < 4.78 is 10.1. The molecule has 0 unspecified atom stereocenters. The summed E-state index contributed by atoms with van der Waals surface area (Å²) in [5.74, 6) is 0.152. The highest BCUT2D eigenvalue weighted by Crippen LogP contribution is 2.29. The second-order valence-electron chi connectivity index (χ2n) is 4.17. The Morgan fingerprint density at radius 1 is 1.45 bits per heavy atom. The largest absolute Gasteiger partial charge is 0.490 e. The molecule has 0 aliphatic carbocycles. The molecule has 0 radical (unpaired) electrons. The van der Waals surface area contributed by atoms with Gasteiger partial charge >= 0.3 is 11.7 Å². The number of morpholine rings is 1. The number of amides is 2. The van der Waals surface area contributed by atoms with E-state index in [0.717, 1.165) is 0 Å². The lowest BCUT2D eigenvalue weighted by atomic mass is 10.2. The van der Waals surface area contributed by atoms with Crippen LogP contribution in [0.3, 0.4) is 0 Å². The lowest BCUT2D eigenvalue weighted by Gasteiger charge is -2.26. The fraction of sp³-hybridized carbons (Fsp3) is 0.417. The molecule has 0 spiro atoms. The predicted octanol–water partition coefficient (Wildman–Crippen LogP) is 1.47. The minimum atomic E-state index is -0.552. The number of anilines is 1. The second-order valence-corrected chi connectivity index (χ2v) is 4.17. The van der Waals surface area contributed by atoms with Crippen LogP contribution < -0.4 is 10.1 Å². The van der Waals surface area contributed by atoms with Crippen LogP contribution in [0.4, 0.5) is 16.2 Å². The molecule has 2 rings (SSSR count). The van der Waals surface area contributed by atoms with Crippen LogP contribution >= 0.6 is 0 Å². The summed E-state index contributed by atoms with van der Waals surface area (Å²) in [4.78, 5) is 23.9. The minimum Gasteiger partial charge on any atom is -0.490 e. The van der Waals surface area contributed by atoms with Gasteiger partial charge in [0.25, 0.3) is 0 Å². The number of hydrogen-bond donors (Lipinski definition) is 1. The van der Waals surface area contributed by atoms with Gasteiger partial charge in [0.15, 0.2) is 5.75 Å². The molecule has 8 heteroatoms. The van der Waals surface area contributed by atoms with Crippen molar-refractivity contribution >= 4 is 17.4 Å². The number of ether oxygens (including phenoxy) is 2. The summed E-state index contributed by atoms with van der Waals surface area (Å²) in [6.45, 7) is 2.00. The van der Waals surface area contributed by atoms with Gasteiger partial charge in [0.1, 0.15) is 0 Å². The van der Waals surface area contributed by atoms with Gasteiger partial charge in [-0.15, -0.1) is 0 Å². The molecule has 0 saturated carbocycles. The van der Waals surface area contributed by atoms with Gasteiger partial charge in [-0.3, -0.25) is 10.1 Å². The number of urea groups is 1. The number of nitrogens with one attached hydrogen (secondary N) is 1. The van der Waals surface area contributed by atoms with E-state index in [-0.39, 0.29) is 17.5 Å². The number of rotatable bonds is 3. The normalized spacial score (nSPS) is 14.8. The monoisotopic (exact) mass is 281 g/mol. The molecule has 1 aliphatic rings. The van der Waals surface area contributed by atoms with Crippen molar-refractivity contribution in [2.75, 3.05) is 38.7 Å². The van der Waals surface area contributed by atoms with Gasteiger partial charge < -0.3 is 19.7 Å². The Morgan fingerprint density at radius 2 is 2.15 bits per heavy atom. The first kappa shape index (κ1) is 14.1. The molecule has 1 heterocycles. The Labute approximate surface area is 115 Å². The molecule has 1 saturated heterocycles. The number of nitro groups is 1. The number of methoxy groups -OCH3 is 1. The number of carbonyl (C=O) groups excluding carboxylic acids is 1. The molecule has 0 bridgehead atoms. The molecule has 108 valence electrons. The van der Waals surface area contributed by atoms with Gasteiger partial charge in [-0.25, -0.2) is 4.79 Å². The summed E-state index contributed by atoms with van der Waals surface area (Å²) in [5, 5.41) is 13.5. The lowest BCUT2D eigenvalue weighted by Crippen LogP contribution is -2.43. The molecular formula is C12H15N3O5. The van der Waals surface area contributed by atoms with Gasteiger partial charge in [0.05, 0.1) is 25.2 Å². The third kappa shape index (κ3) is 3.15. The quantitative estimate of drug-likeness (QED) is 0.668. The van der Waals surface area contributed by atoms with Crippen molar-refractivity contribution in [2.24, 2.45) is 0 Å². The van der Waals surface area contributed by atoms with Crippen LogP contribution in [-0.4, -0.2) is 49.3 Å². The molecule has 0 aromatic heterocycles. The standard InChI is InChI=1S/C12H15N3O5/c1-19-11-3-2-9(8-10(11)15(17)18)13-12(16)14-4-6-20-7-5-14/h2-3,8H,4-7H2,1H3,(H,13,16). The Kier molecular flexibility index (Phi) is 4.36. The number of nitrogens with zero attached hydrogens (tertiary/aromatic N) is 2. The van der Waals surface area contributed by atoms with Crippen LogP contribution in [0.2, 0.25) is 0 Å². The molecule has 1 aromatic carbocycles. The van der Waals surface area contributed by atoms with E-state index >= 15 is 0 Å². The maximum atomic E-state index is 12.0. The number of carbonyl (C=O) groups is 1. The number of benzene rings is 1. The summed E-state index contributed by atoms with van der Waals surface area (Å²) >= 11 is 0. The summed E-state index contributed by atoms with van der Waals surface area (Å²) in [7, 11) is 1.36. The molecule has 1 fully saturated rings. The van der Waals surface area contributed by atoms with E-state index < -0.39 is 4.92 Å². The third-order valence-electron chi connectivity index (χ3n) is 2.93. The molecule has 20 heavy (non-hydrogen) atoms. The summed E-state index contributed by atoms with van der Waals surface area (Å²) in [6, 6.07) is 3.99. The van der Waals surface area contributed by atoms with E-state index in [1.807, 2.05) is 0 Å². The Morgan fingerprint density at radius 3 is 2.75 bits per heavy atom.